The number of rotatable bonds is 4. The van der Waals surface area contributed by atoms with E-state index in [0.29, 0.717) is 20.3 Å². The van der Waals surface area contributed by atoms with Crippen LogP contribution in [0.25, 0.3) is 0 Å². The second-order valence-electron chi connectivity index (χ2n) is 4.44. The van der Waals surface area contributed by atoms with Crippen molar-refractivity contribution in [3.05, 3.63) is 45.7 Å². The average molecular weight is 360 g/mol. The van der Waals surface area contributed by atoms with E-state index in [-0.39, 0.29) is 0 Å². The summed E-state index contributed by atoms with van der Waals surface area (Å²) >= 11 is 4.42. The number of halogens is 1. The van der Waals surface area contributed by atoms with Crippen molar-refractivity contribution in [2.24, 2.45) is 0 Å². The van der Waals surface area contributed by atoms with Crippen LogP contribution in [0.15, 0.2) is 44.4 Å². The molecule has 2 rings (SSSR count). The third-order valence-corrected chi connectivity index (χ3v) is 6.71. The Balaban J connectivity index is 2.24. The van der Waals surface area contributed by atoms with Gasteiger partial charge in [-0.05, 0) is 51.0 Å². The smallest absolute Gasteiger partial charge is 0.272 e. The molecule has 0 aliphatic carbocycles. The lowest BCUT2D eigenvalue weighted by atomic mass is 10.0. The van der Waals surface area contributed by atoms with E-state index in [1.165, 1.54) is 16.9 Å². The van der Waals surface area contributed by atoms with Crippen LogP contribution < -0.4 is 4.72 Å². The third kappa shape index (κ3) is 3.38. The SMILES string of the molecule is CC(C)c1ccc(NS(=O)(=O)c2sccc2Br)cc1. The van der Waals surface area contributed by atoms with Gasteiger partial charge in [0.1, 0.15) is 0 Å². The number of hydrogen-bond acceptors (Lipinski definition) is 3. The lowest BCUT2D eigenvalue weighted by Gasteiger charge is -2.09. The molecule has 1 aromatic heterocycles. The summed E-state index contributed by atoms with van der Waals surface area (Å²) in [6.07, 6.45) is 0. The van der Waals surface area contributed by atoms with Crippen molar-refractivity contribution >= 4 is 43.0 Å². The van der Waals surface area contributed by atoms with E-state index in [1.807, 2.05) is 12.1 Å². The first-order chi connectivity index (χ1) is 8.90. The fourth-order valence-electron chi connectivity index (χ4n) is 1.61. The largest absolute Gasteiger partial charge is 0.279 e. The van der Waals surface area contributed by atoms with Crippen LogP contribution in [0.3, 0.4) is 0 Å². The molecule has 0 unspecified atom stereocenters. The maximum absolute atomic E-state index is 12.2. The minimum Gasteiger partial charge on any atom is -0.279 e. The van der Waals surface area contributed by atoms with E-state index in [0.717, 1.165) is 0 Å². The maximum atomic E-state index is 12.2. The van der Waals surface area contributed by atoms with Gasteiger partial charge in [0.05, 0.1) is 0 Å². The summed E-state index contributed by atoms with van der Waals surface area (Å²) in [5.74, 6) is 0.428. The van der Waals surface area contributed by atoms with E-state index in [4.69, 9.17) is 0 Å². The van der Waals surface area contributed by atoms with Gasteiger partial charge in [-0.15, -0.1) is 11.3 Å². The molecule has 1 heterocycles. The Bertz CT molecular complexity index is 660. The van der Waals surface area contributed by atoms with Crippen molar-refractivity contribution in [3.8, 4) is 0 Å². The summed E-state index contributed by atoms with van der Waals surface area (Å²) in [5.41, 5.74) is 1.75. The zero-order valence-corrected chi connectivity index (χ0v) is 13.8. The van der Waals surface area contributed by atoms with Crippen LogP contribution in [-0.4, -0.2) is 8.42 Å². The van der Waals surface area contributed by atoms with Gasteiger partial charge < -0.3 is 0 Å². The lowest BCUT2D eigenvalue weighted by Crippen LogP contribution is -2.11. The van der Waals surface area contributed by atoms with Crippen LogP contribution in [0, 0.1) is 0 Å². The molecule has 0 saturated carbocycles. The molecule has 1 aromatic carbocycles. The van der Waals surface area contributed by atoms with Crippen LogP contribution in [0.4, 0.5) is 5.69 Å². The Morgan fingerprint density at radius 1 is 1.16 bits per heavy atom. The first kappa shape index (κ1) is 14.6. The summed E-state index contributed by atoms with van der Waals surface area (Å²) < 4.78 is 27.8. The monoisotopic (exact) mass is 359 g/mol. The number of sulfonamides is 1. The summed E-state index contributed by atoms with van der Waals surface area (Å²) in [6, 6.07) is 9.17. The third-order valence-electron chi connectivity index (χ3n) is 2.66. The summed E-state index contributed by atoms with van der Waals surface area (Å²) in [5, 5.41) is 1.74. The number of hydrogen-bond donors (Lipinski definition) is 1. The standard InChI is InChI=1S/C13H14BrNO2S2/c1-9(2)10-3-5-11(6-4-10)15-19(16,17)13-12(14)7-8-18-13/h3-9,15H,1-2H3. The van der Waals surface area contributed by atoms with Crippen molar-refractivity contribution in [3.63, 3.8) is 0 Å². The molecule has 0 saturated heterocycles. The molecule has 3 nitrogen and oxygen atoms in total. The zero-order chi connectivity index (χ0) is 14.0. The Kier molecular flexibility index (Phi) is 4.32. The highest BCUT2D eigenvalue weighted by atomic mass is 79.9. The number of thiophene rings is 1. The quantitative estimate of drug-likeness (QED) is 0.877. The Morgan fingerprint density at radius 3 is 2.26 bits per heavy atom. The average Bonchev–Trinajstić information content (AvgIpc) is 2.76. The topological polar surface area (TPSA) is 46.2 Å². The molecule has 102 valence electrons. The van der Waals surface area contributed by atoms with Gasteiger partial charge in [-0.2, -0.15) is 0 Å². The van der Waals surface area contributed by atoms with Gasteiger partial charge in [0, 0.05) is 10.2 Å². The molecule has 0 atom stereocenters. The molecular formula is C13H14BrNO2S2. The second-order valence-corrected chi connectivity index (χ2v) is 8.09. The Hall–Kier alpha value is -0.850. The van der Waals surface area contributed by atoms with Crippen LogP contribution >= 0.6 is 27.3 Å². The van der Waals surface area contributed by atoms with Gasteiger partial charge in [0.2, 0.25) is 0 Å². The van der Waals surface area contributed by atoms with Crippen molar-refractivity contribution in [2.45, 2.75) is 24.0 Å². The van der Waals surface area contributed by atoms with Crippen LogP contribution in [0.2, 0.25) is 0 Å². The molecule has 0 bridgehead atoms. The predicted molar refractivity (Wildman–Crippen MR) is 83.4 cm³/mol. The second kappa shape index (κ2) is 5.64. The van der Waals surface area contributed by atoms with Crippen molar-refractivity contribution in [2.75, 3.05) is 4.72 Å². The molecular weight excluding hydrogens is 346 g/mol. The van der Waals surface area contributed by atoms with E-state index in [9.17, 15) is 8.42 Å². The molecule has 1 N–H and O–H groups in total. The van der Waals surface area contributed by atoms with E-state index >= 15 is 0 Å². The van der Waals surface area contributed by atoms with Crippen molar-refractivity contribution in [1.29, 1.82) is 0 Å². The fraction of sp³-hybridized carbons (Fsp3) is 0.231. The summed E-state index contributed by atoms with van der Waals surface area (Å²) in [4.78, 5) is 0. The molecule has 2 aromatic rings. The van der Waals surface area contributed by atoms with E-state index in [1.54, 1.807) is 23.6 Å². The van der Waals surface area contributed by atoms with Gasteiger partial charge >= 0.3 is 0 Å². The van der Waals surface area contributed by atoms with Gasteiger partial charge in [0.15, 0.2) is 4.21 Å². The maximum Gasteiger partial charge on any atom is 0.272 e. The molecule has 0 radical (unpaired) electrons. The van der Waals surface area contributed by atoms with E-state index in [2.05, 4.69) is 34.5 Å². The zero-order valence-electron chi connectivity index (χ0n) is 10.6. The number of benzene rings is 1. The van der Waals surface area contributed by atoms with Crippen LogP contribution in [-0.2, 0) is 10.0 Å². The van der Waals surface area contributed by atoms with Gasteiger partial charge in [-0.1, -0.05) is 26.0 Å². The highest BCUT2D eigenvalue weighted by Gasteiger charge is 2.19. The molecule has 0 spiro atoms. The number of anilines is 1. The first-order valence-electron chi connectivity index (χ1n) is 5.76. The van der Waals surface area contributed by atoms with Gasteiger partial charge in [-0.25, -0.2) is 8.42 Å². The number of nitrogens with one attached hydrogen (secondary N) is 1. The van der Waals surface area contributed by atoms with Crippen LogP contribution in [0.1, 0.15) is 25.3 Å². The van der Waals surface area contributed by atoms with Gasteiger partial charge in [0.25, 0.3) is 10.0 Å². The highest BCUT2D eigenvalue weighted by Crippen LogP contribution is 2.29. The molecule has 0 aliphatic heterocycles. The molecule has 6 heteroatoms. The predicted octanol–water partition coefficient (Wildman–Crippen LogP) is 4.43. The molecule has 0 amide bonds. The van der Waals surface area contributed by atoms with Gasteiger partial charge in [-0.3, -0.25) is 4.72 Å². The summed E-state index contributed by atoms with van der Waals surface area (Å²) in [6.45, 7) is 4.20. The molecule has 19 heavy (non-hydrogen) atoms. The normalized spacial score (nSPS) is 11.8. The molecule has 0 fully saturated rings. The highest BCUT2D eigenvalue weighted by molar-refractivity contribution is 9.10. The Morgan fingerprint density at radius 2 is 1.79 bits per heavy atom. The van der Waals surface area contributed by atoms with Crippen molar-refractivity contribution < 1.29 is 8.42 Å². The van der Waals surface area contributed by atoms with Crippen molar-refractivity contribution in [1.82, 2.24) is 0 Å². The Labute approximate surface area is 125 Å². The minimum atomic E-state index is -3.51. The van der Waals surface area contributed by atoms with Crippen LogP contribution in [0.5, 0.6) is 0 Å². The lowest BCUT2D eigenvalue weighted by molar-refractivity contribution is 0.603. The van der Waals surface area contributed by atoms with E-state index < -0.39 is 10.0 Å². The fourth-order valence-corrected chi connectivity index (χ4v) is 5.01. The molecule has 0 aliphatic rings. The first-order valence-corrected chi connectivity index (χ1v) is 8.91. The minimum absolute atomic E-state index is 0.292. The summed E-state index contributed by atoms with van der Waals surface area (Å²) in [7, 11) is -3.51.